The third-order valence-corrected chi connectivity index (χ3v) is 5.36. The molecule has 4 rings (SSSR count). The molecule has 0 radical (unpaired) electrons. The second-order valence-electron chi connectivity index (χ2n) is 7.29. The zero-order chi connectivity index (χ0) is 19.7. The van der Waals surface area contributed by atoms with E-state index in [0.717, 1.165) is 25.2 Å². The van der Waals surface area contributed by atoms with Crippen molar-refractivity contribution in [3.63, 3.8) is 0 Å². The van der Waals surface area contributed by atoms with Crippen LogP contribution in [0.4, 0.5) is 15.8 Å². The number of amides is 2. The van der Waals surface area contributed by atoms with Gasteiger partial charge in [-0.15, -0.1) is 0 Å². The molecule has 146 valence electrons. The molecular weight excluding hydrogens is 359 g/mol. The number of nitrogens with zero attached hydrogens (tertiary/aromatic N) is 1. The highest BCUT2D eigenvalue weighted by Crippen LogP contribution is 2.34. The lowest BCUT2D eigenvalue weighted by molar-refractivity contribution is -0.116. The minimum atomic E-state index is -0.393. The van der Waals surface area contributed by atoms with Crippen molar-refractivity contribution in [2.45, 2.75) is 26.2 Å². The van der Waals surface area contributed by atoms with Gasteiger partial charge in [0.25, 0.3) is 5.91 Å². The van der Waals surface area contributed by atoms with Gasteiger partial charge in [-0.2, -0.15) is 0 Å². The average Bonchev–Trinajstić information content (AvgIpc) is 3.37. The number of carbonyl (C=O) groups is 2. The first-order chi connectivity index (χ1) is 13.5. The Bertz CT molecular complexity index is 957. The highest BCUT2D eigenvalue weighted by atomic mass is 19.1. The van der Waals surface area contributed by atoms with Crippen LogP contribution in [0.3, 0.4) is 0 Å². The van der Waals surface area contributed by atoms with Crippen molar-refractivity contribution < 1.29 is 14.0 Å². The smallest absolute Gasteiger partial charge is 0.256 e. The maximum atomic E-state index is 13.6. The summed E-state index contributed by atoms with van der Waals surface area (Å²) in [6.07, 6.45) is 6.27. The summed E-state index contributed by atoms with van der Waals surface area (Å²) in [5.41, 5.74) is 3.76. The van der Waals surface area contributed by atoms with Crippen molar-refractivity contribution >= 4 is 34.8 Å². The van der Waals surface area contributed by atoms with E-state index in [4.69, 9.17) is 0 Å². The molecule has 0 spiro atoms. The van der Waals surface area contributed by atoms with Crippen LogP contribution in [-0.4, -0.2) is 41.3 Å². The monoisotopic (exact) mass is 382 g/mol. The quantitative estimate of drug-likeness (QED) is 0.694. The largest absolute Gasteiger partial charge is 0.360 e. The third-order valence-electron chi connectivity index (χ3n) is 5.36. The molecule has 0 aliphatic carbocycles. The van der Waals surface area contributed by atoms with Gasteiger partial charge in [0.05, 0.1) is 11.3 Å². The molecule has 7 heteroatoms. The number of H-pyrrole nitrogens is 1. The SMILES string of the molecule is Cc1c(NC(=O)CCN2CCCC2)c[nH]c1/C=C1\C(=O)Nc2ccc(F)cc21. The van der Waals surface area contributed by atoms with E-state index in [1.807, 2.05) is 6.92 Å². The number of carbonyl (C=O) groups excluding carboxylic acids is 2. The number of aromatic nitrogens is 1. The lowest BCUT2D eigenvalue weighted by Gasteiger charge is -2.13. The number of hydrogen-bond donors (Lipinski definition) is 3. The summed E-state index contributed by atoms with van der Waals surface area (Å²) in [6.45, 7) is 4.78. The Hall–Kier alpha value is -2.93. The Balaban J connectivity index is 1.48. The number of fused-ring (bicyclic) bond motifs is 1. The lowest BCUT2D eigenvalue weighted by Crippen LogP contribution is -2.25. The third kappa shape index (κ3) is 3.71. The van der Waals surface area contributed by atoms with Crippen LogP contribution in [0.2, 0.25) is 0 Å². The zero-order valence-corrected chi connectivity index (χ0v) is 15.8. The van der Waals surface area contributed by atoms with Gasteiger partial charge >= 0.3 is 0 Å². The fourth-order valence-corrected chi connectivity index (χ4v) is 3.72. The first-order valence-electron chi connectivity index (χ1n) is 9.54. The maximum Gasteiger partial charge on any atom is 0.256 e. The molecule has 2 amide bonds. The number of aromatic amines is 1. The van der Waals surface area contributed by atoms with Crippen molar-refractivity contribution in [2.75, 3.05) is 30.3 Å². The number of halogens is 1. The molecule has 3 heterocycles. The highest BCUT2D eigenvalue weighted by Gasteiger charge is 2.25. The predicted octanol–water partition coefficient (Wildman–Crippen LogP) is 3.38. The number of likely N-dealkylation sites (tertiary alicyclic amines) is 1. The van der Waals surface area contributed by atoms with E-state index in [-0.39, 0.29) is 11.8 Å². The summed E-state index contributed by atoms with van der Waals surface area (Å²) in [5.74, 6) is -0.694. The first-order valence-corrected chi connectivity index (χ1v) is 9.54. The summed E-state index contributed by atoms with van der Waals surface area (Å²) in [7, 11) is 0. The Morgan fingerprint density at radius 3 is 2.89 bits per heavy atom. The van der Waals surface area contributed by atoms with Crippen molar-refractivity contribution in [3.05, 3.63) is 47.0 Å². The molecule has 3 N–H and O–H groups in total. The van der Waals surface area contributed by atoms with E-state index in [1.54, 1.807) is 18.3 Å². The number of anilines is 2. The van der Waals surface area contributed by atoms with Crippen LogP contribution in [0.5, 0.6) is 0 Å². The Kier molecular flexibility index (Phi) is 5.00. The van der Waals surface area contributed by atoms with Gasteiger partial charge in [0.1, 0.15) is 5.82 Å². The van der Waals surface area contributed by atoms with Crippen LogP contribution in [0.25, 0.3) is 11.6 Å². The van der Waals surface area contributed by atoms with Gasteiger partial charge in [0.15, 0.2) is 0 Å². The fraction of sp³-hybridized carbons (Fsp3) is 0.333. The lowest BCUT2D eigenvalue weighted by atomic mass is 10.0. The second kappa shape index (κ2) is 7.59. The second-order valence-corrected chi connectivity index (χ2v) is 7.29. The minimum Gasteiger partial charge on any atom is -0.360 e. The van der Waals surface area contributed by atoms with Crippen molar-refractivity contribution in [2.24, 2.45) is 0 Å². The Morgan fingerprint density at radius 1 is 1.32 bits per heavy atom. The van der Waals surface area contributed by atoms with Crippen LogP contribution in [0, 0.1) is 12.7 Å². The molecule has 0 bridgehead atoms. The molecule has 2 aromatic rings. The average molecular weight is 382 g/mol. The molecule has 0 unspecified atom stereocenters. The van der Waals surface area contributed by atoms with E-state index in [2.05, 4.69) is 20.5 Å². The molecule has 0 atom stereocenters. The zero-order valence-electron chi connectivity index (χ0n) is 15.8. The van der Waals surface area contributed by atoms with E-state index < -0.39 is 5.82 Å². The number of rotatable bonds is 5. The minimum absolute atomic E-state index is 0.0285. The number of benzene rings is 1. The van der Waals surface area contributed by atoms with Crippen LogP contribution in [0.1, 0.15) is 36.1 Å². The molecule has 1 saturated heterocycles. The van der Waals surface area contributed by atoms with Gasteiger partial charge in [-0.25, -0.2) is 4.39 Å². The molecule has 1 aromatic heterocycles. The predicted molar refractivity (Wildman–Crippen MR) is 107 cm³/mol. The summed E-state index contributed by atoms with van der Waals surface area (Å²) < 4.78 is 13.6. The molecule has 1 aromatic carbocycles. The molecule has 1 fully saturated rings. The topological polar surface area (TPSA) is 77.2 Å². The van der Waals surface area contributed by atoms with Crippen LogP contribution < -0.4 is 10.6 Å². The van der Waals surface area contributed by atoms with Gasteiger partial charge in [-0.3, -0.25) is 9.59 Å². The molecular formula is C21H23FN4O2. The number of hydrogen-bond acceptors (Lipinski definition) is 3. The van der Waals surface area contributed by atoms with E-state index in [9.17, 15) is 14.0 Å². The Morgan fingerprint density at radius 2 is 2.11 bits per heavy atom. The summed E-state index contributed by atoms with van der Waals surface area (Å²) in [6, 6.07) is 4.22. The molecule has 28 heavy (non-hydrogen) atoms. The van der Waals surface area contributed by atoms with Gasteiger partial charge in [-0.05, 0) is 62.7 Å². The van der Waals surface area contributed by atoms with Crippen LogP contribution >= 0.6 is 0 Å². The fourth-order valence-electron chi connectivity index (χ4n) is 3.72. The normalized spacial score (nSPS) is 17.8. The maximum absolute atomic E-state index is 13.6. The van der Waals surface area contributed by atoms with E-state index in [1.165, 1.54) is 25.0 Å². The van der Waals surface area contributed by atoms with E-state index in [0.29, 0.717) is 34.6 Å². The molecule has 0 saturated carbocycles. The number of nitrogens with one attached hydrogen (secondary N) is 3. The first kappa shape index (κ1) is 18.4. The summed E-state index contributed by atoms with van der Waals surface area (Å²) in [5, 5.41) is 5.67. The molecule has 6 nitrogen and oxygen atoms in total. The summed E-state index contributed by atoms with van der Waals surface area (Å²) >= 11 is 0. The standard InChI is InChI=1S/C21H23FN4O2/c1-13-18(11-16-15-10-14(22)4-5-17(15)25-21(16)28)23-12-19(13)24-20(27)6-9-26-7-2-3-8-26/h4-5,10-12,23H,2-3,6-9H2,1H3,(H,24,27)(H,25,28)/b16-11-. The highest BCUT2D eigenvalue weighted by molar-refractivity contribution is 6.34. The van der Waals surface area contributed by atoms with Crippen molar-refractivity contribution in [3.8, 4) is 0 Å². The summed E-state index contributed by atoms with van der Waals surface area (Å²) in [4.78, 5) is 29.9. The van der Waals surface area contributed by atoms with Gasteiger partial charge in [-0.1, -0.05) is 0 Å². The van der Waals surface area contributed by atoms with Crippen molar-refractivity contribution in [1.82, 2.24) is 9.88 Å². The molecule has 2 aliphatic heterocycles. The van der Waals surface area contributed by atoms with E-state index >= 15 is 0 Å². The Labute approximate surface area is 162 Å². The van der Waals surface area contributed by atoms with Crippen LogP contribution in [-0.2, 0) is 9.59 Å². The van der Waals surface area contributed by atoms with Crippen molar-refractivity contribution in [1.29, 1.82) is 0 Å². The molecule has 2 aliphatic rings. The van der Waals surface area contributed by atoms with Crippen LogP contribution in [0.15, 0.2) is 24.4 Å². The van der Waals surface area contributed by atoms with Gasteiger partial charge < -0.3 is 20.5 Å². The van der Waals surface area contributed by atoms with Gasteiger partial charge in [0, 0.05) is 36.1 Å². The van der Waals surface area contributed by atoms with Gasteiger partial charge in [0.2, 0.25) is 5.91 Å².